The summed E-state index contributed by atoms with van der Waals surface area (Å²) in [6.45, 7) is 21.5. The van der Waals surface area contributed by atoms with Gasteiger partial charge in [-0.15, -0.1) is 0 Å². The molecule has 4 aliphatic rings. The van der Waals surface area contributed by atoms with Gasteiger partial charge in [0.1, 0.15) is 47.4 Å². The largest absolute Gasteiger partial charge is 0.497 e. The first-order valence-corrected chi connectivity index (χ1v) is 36.0. The fourth-order valence-corrected chi connectivity index (χ4v) is 19.2. The summed E-state index contributed by atoms with van der Waals surface area (Å²) in [7, 11) is -6.86. The Hall–Kier alpha value is -5.66. The van der Waals surface area contributed by atoms with E-state index in [1.54, 1.807) is 87.0 Å². The number of alkyl halides is 6. The molecule has 0 saturated carbocycles. The SMILES string of the molecule is C=C1C[C@H](C[C@@H]2C[C@@H](O[Si](c3ccccc3)(c3ccccc3)C(C)(C)C)C[C@H](c3coc(/C=C/C[C@H]4O[C@@H](/C(C)=C/[C@@H]5COC(C)(C)N5C(=O)OC(C)(C)C)[C@H](C)[C@@H](OC(=O)CP(=O)(OCC(F)(F)F)OCC(F)(F)F)[C@H]4C)n3)O2)O[C@@H](CCOCc2ccc(OC)cc2)C1. The third-order valence-electron chi connectivity index (χ3n) is 17.4. The maximum Gasteiger partial charge on any atom is 0.413 e. The number of esters is 1. The van der Waals surface area contributed by atoms with Crippen molar-refractivity contribution >= 4 is 44.4 Å². The molecule has 8 rings (SSSR count). The first-order valence-electron chi connectivity index (χ1n) is 32.3. The molecule has 4 fully saturated rings. The minimum atomic E-state index is -5.40. The van der Waals surface area contributed by atoms with E-state index in [1.165, 1.54) is 4.90 Å². The molecule has 17 nitrogen and oxygen atoms in total. The number of methoxy groups -OCH3 is 1. The summed E-state index contributed by atoms with van der Waals surface area (Å²) in [6.07, 6.45) is -6.25. The van der Waals surface area contributed by atoms with Crippen molar-refractivity contribution in [2.75, 3.05) is 39.7 Å². The van der Waals surface area contributed by atoms with Crippen LogP contribution in [0, 0.1) is 11.8 Å². The summed E-state index contributed by atoms with van der Waals surface area (Å²) in [5.74, 6) is -1.88. The van der Waals surface area contributed by atoms with Crippen LogP contribution in [0.5, 0.6) is 5.75 Å². The van der Waals surface area contributed by atoms with E-state index in [-0.39, 0.29) is 48.4 Å². The van der Waals surface area contributed by atoms with Gasteiger partial charge in [0.15, 0.2) is 13.2 Å². The Balaban J connectivity index is 1.05. The van der Waals surface area contributed by atoms with Crippen molar-refractivity contribution in [3.8, 4) is 5.75 Å². The van der Waals surface area contributed by atoms with E-state index in [0.717, 1.165) is 33.7 Å². The molecule has 95 heavy (non-hydrogen) atoms. The van der Waals surface area contributed by atoms with E-state index >= 15 is 0 Å². The fraction of sp³-hybridized carbons (Fsp3) is 0.586. The van der Waals surface area contributed by atoms with Crippen LogP contribution in [-0.2, 0) is 62.6 Å². The second-order valence-electron chi connectivity index (χ2n) is 27.7. The standard InChI is InChI=1S/C70H93F6N2O15PSi/c1-45-33-52(31-32-83-39-49-27-29-51(82-13)30-28-49)88-53(34-45)36-54-37-55(93-95(67(8,9)10,56-21-16-14-17-22-56)57-23-18-15-19-24-57)38-60(89-54)58-41-84-61(77-58)26-20-25-59-47(3)64(91-62(79)42-94(81,86-43-69(71,72)73)87-44-70(74,75)76)48(4)63(90-59)46(2)35-50-40-85-68(11,12)78(50)65(80)92-66(5,6)7/h14-24,26-30,35,41,47-48,50,52-55,59-60,63-64H,1,25,31-34,36-40,42-44H2,2-13H3/b26-20+,46-35+/t47-,48-,50+,52-,53+,54+,55+,59+,60+,63-,64-/m0/s1. The quantitative estimate of drug-likeness (QED) is 0.0152. The molecule has 5 heterocycles. The van der Waals surface area contributed by atoms with Gasteiger partial charge in [-0.1, -0.05) is 132 Å². The molecule has 0 bridgehead atoms. The van der Waals surface area contributed by atoms with Crippen molar-refractivity contribution < 1.29 is 96.3 Å². The van der Waals surface area contributed by atoms with Gasteiger partial charge >= 0.3 is 32.0 Å². The maximum atomic E-state index is 13.8. The third-order valence-corrected chi connectivity index (χ3v) is 24.2. The van der Waals surface area contributed by atoms with Crippen LogP contribution in [0.4, 0.5) is 31.1 Å². The van der Waals surface area contributed by atoms with Crippen LogP contribution in [0.2, 0.25) is 5.04 Å². The third kappa shape index (κ3) is 20.7. The van der Waals surface area contributed by atoms with Gasteiger partial charge in [-0.05, 0) is 118 Å². The van der Waals surface area contributed by atoms with Gasteiger partial charge in [0.25, 0.3) is 8.32 Å². The lowest BCUT2D eigenvalue weighted by molar-refractivity contribution is -0.183. The molecular weight excluding hydrogens is 1280 g/mol. The lowest BCUT2D eigenvalue weighted by Crippen LogP contribution is -2.68. The number of nitrogens with zero attached hydrogens (tertiary/aromatic N) is 2. The highest BCUT2D eigenvalue weighted by Gasteiger charge is 2.54. The lowest BCUT2D eigenvalue weighted by atomic mass is 9.79. The van der Waals surface area contributed by atoms with E-state index in [9.17, 15) is 40.5 Å². The van der Waals surface area contributed by atoms with Gasteiger partial charge in [-0.25, -0.2) is 9.78 Å². The van der Waals surface area contributed by atoms with Crippen molar-refractivity contribution in [1.29, 1.82) is 0 Å². The molecule has 0 unspecified atom stereocenters. The average molecular weight is 1380 g/mol. The maximum absolute atomic E-state index is 13.8. The number of carbonyl (C=O) groups is 2. The van der Waals surface area contributed by atoms with Crippen LogP contribution in [0.3, 0.4) is 0 Å². The summed E-state index contributed by atoms with van der Waals surface area (Å²) in [6, 6.07) is 28.0. The molecule has 4 saturated heterocycles. The molecule has 524 valence electrons. The van der Waals surface area contributed by atoms with Crippen molar-refractivity contribution in [3.05, 3.63) is 138 Å². The van der Waals surface area contributed by atoms with Crippen LogP contribution in [0.1, 0.15) is 144 Å². The summed E-state index contributed by atoms with van der Waals surface area (Å²) >= 11 is 0. The second-order valence-corrected chi connectivity index (χ2v) is 34.0. The number of hydrogen-bond donors (Lipinski definition) is 0. The fourth-order valence-electron chi connectivity index (χ4n) is 13.1. The zero-order chi connectivity index (χ0) is 69.3. The molecule has 0 N–H and O–H groups in total. The van der Waals surface area contributed by atoms with Crippen LogP contribution in [0.15, 0.2) is 125 Å². The summed E-state index contributed by atoms with van der Waals surface area (Å²) in [5.41, 5.74) is 1.29. The van der Waals surface area contributed by atoms with E-state index in [1.807, 2.05) is 36.4 Å². The number of oxazole rings is 1. The van der Waals surface area contributed by atoms with Crippen LogP contribution in [0.25, 0.3) is 6.08 Å². The van der Waals surface area contributed by atoms with Crippen molar-refractivity contribution in [2.45, 2.75) is 211 Å². The Bertz CT molecular complexity index is 3220. The number of ether oxygens (including phenoxy) is 8. The molecule has 3 aromatic carbocycles. The zero-order valence-electron chi connectivity index (χ0n) is 56.4. The van der Waals surface area contributed by atoms with Gasteiger partial charge in [0.05, 0.1) is 63.0 Å². The van der Waals surface area contributed by atoms with Crippen molar-refractivity contribution in [2.24, 2.45) is 11.8 Å². The number of carbonyl (C=O) groups excluding carboxylic acids is 2. The highest BCUT2D eigenvalue weighted by atomic mass is 31.2. The lowest BCUT2D eigenvalue weighted by Gasteiger charge is -2.47. The molecule has 0 radical (unpaired) electrons. The van der Waals surface area contributed by atoms with Gasteiger partial charge in [0.2, 0.25) is 5.89 Å². The molecule has 11 atom stereocenters. The van der Waals surface area contributed by atoms with E-state index < -0.39 is 113 Å². The Kier molecular flexibility index (Phi) is 24.9. The molecule has 1 amide bonds. The normalized spacial score (nSPS) is 25.8. The molecule has 0 aliphatic carbocycles. The highest BCUT2D eigenvalue weighted by molar-refractivity contribution is 7.54. The van der Waals surface area contributed by atoms with Crippen LogP contribution >= 0.6 is 7.60 Å². The van der Waals surface area contributed by atoms with Crippen LogP contribution < -0.4 is 15.1 Å². The van der Waals surface area contributed by atoms with E-state index in [0.29, 0.717) is 56.6 Å². The number of hydrogen-bond acceptors (Lipinski definition) is 16. The van der Waals surface area contributed by atoms with Gasteiger partial charge in [-0.3, -0.25) is 23.3 Å². The molecule has 25 heteroatoms. The Morgan fingerprint density at radius 1 is 0.821 bits per heavy atom. The highest BCUT2D eigenvalue weighted by Crippen LogP contribution is 2.51. The molecular formula is C70H93F6N2O15PSi. The van der Waals surface area contributed by atoms with E-state index in [4.69, 9.17) is 51.7 Å². The Labute approximate surface area is 555 Å². The van der Waals surface area contributed by atoms with Gasteiger partial charge in [0, 0.05) is 31.3 Å². The number of halogens is 6. The summed E-state index contributed by atoms with van der Waals surface area (Å²) in [5, 5.41) is 1.94. The smallest absolute Gasteiger partial charge is 0.413 e. The topological polar surface area (TPSA) is 182 Å². The number of aromatic nitrogens is 1. The number of amides is 1. The molecule has 4 aliphatic heterocycles. The Morgan fingerprint density at radius 3 is 2.03 bits per heavy atom. The van der Waals surface area contributed by atoms with Gasteiger partial charge < -0.3 is 46.7 Å². The number of rotatable bonds is 25. The molecule has 0 spiro atoms. The monoisotopic (exact) mass is 1370 g/mol. The predicted octanol–water partition coefficient (Wildman–Crippen LogP) is 15.0. The average Bonchev–Trinajstić information content (AvgIpc) is 1.30. The zero-order valence-corrected chi connectivity index (χ0v) is 58.3. The first kappa shape index (κ1) is 75.1. The minimum Gasteiger partial charge on any atom is -0.497 e. The predicted molar refractivity (Wildman–Crippen MR) is 347 cm³/mol. The van der Waals surface area contributed by atoms with Crippen molar-refractivity contribution in [1.82, 2.24) is 9.88 Å². The summed E-state index contributed by atoms with van der Waals surface area (Å²) in [4.78, 5) is 33.9. The molecule has 1 aromatic heterocycles. The second kappa shape index (κ2) is 31.5. The summed E-state index contributed by atoms with van der Waals surface area (Å²) < 4.78 is 166. The minimum absolute atomic E-state index is 0.0748. The van der Waals surface area contributed by atoms with Crippen LogP contribution in [-0.4, -0.2) is 142 Å². The number of benzene rings is 3. The Morgan fingerprint density at radius 2 is 1.44 bits per heavy atom. The molecule has 4 aromatic rings. The van der Waals surface area contributed by atoms with Gasteiger partial charge in [-0.2, -0.15) is 26.3 Å². The first-order chi connectivity index (χ1) is 44.5. The van der Waals surface area contributed by atoms with E-state index in [2.05, 4.69) is 84.9 Å². The van der Waals surface area contributed by atoms with Crippen molar-refractivity contribution in [3.63, 3.8) is 0 Å².